The summed E-state index contributed by atoms with van der Waals surface area (Å²) in [5.41, 5.74) is 2.74. The van der Waals surface area contributed by atoms with E-state index in [1.807, 2.05) is 4.68 Å². The highest BCUT2D eigenvalue weighted by atomic mass is 16.1. The highest BCUT2D eigenvalue weighted by Gasteiger charge is 2.26. The molecule has 23 heavy (non-hydrogen) atoms. The highest BCUT2D eigenvalue weighted by molar-refractivity contribution is 5.79. The van der Waals surface area contributed by atoms with Crippen LogP contribution in [0, 0.1) is 5.92 Å². The molecule has 2 aromatic rings. The van der Waals surface area contributed by atoms with Crippen molar-refractivity contribution in [2.24, 2.45) is 5.92 Å². The molecule has 1 amide bonds. The van der Waals surface area contributed by atoms with Crippen molar-refractivity contribution in [2.75, 3.05) is 19.6 Å². The van der Waals surface area contributed by atoms with Crippen molar-refractivity contribution in [3.05, 3.63) is 18.1 Å². The Morgan fingerprint density at radius 1 is 1.30 bits per heavy atom. The Bertz CT molecular complexity index is 702. The SMILES string of the molecule is O=C(NCCn1nc(C2CCNC2)c2nccnc21)C1CCC1. The third kappa shape index (κ3) is 2.81. The van der Waals surface area contributed by atoms with Crippen LogP contribution in [-0.4, -0.2) is 45.3 Å². The van der Waals surface area contributed by atoms with E-state index in [2.05, 4.69) is 20.6 Å². The third-order valence-corrected chi connectivity index (χ3v) is 4.94. The summed E-state index contributed by atoms with van der Waals surface area (Å²) in [6.07, 6.45) is 7.74. The zero-order valence-corrected chi connectivity index (χ0v) is 13.2. The summed E-state index contributed by atoms with van der Waals surface area (Å²) in [6.45, 7) is 3.19. The van der Waals surface area contributed by atoms with Crippen LogP contribution in [0.3, 0.4) is 0 Å². The fourth-order valence-electron chi connectivity index (χ4n) is 3.34. The van der Waals surface area contributed by atoms with Crippen LogP contribution in [0.25, 0.3) is 11.2 Å². The largest absolute Gasteiger partial charge is 0.354 e. The monoisotopic (exact) mass is 314 g/mol. The Morgan fingerprint density at radius 2 is 2.17 bits per heavy atom. The average molecular weight is 314 g/mol. The van der Waals surface area contributed by atoms with Crippen molar-refractivity contribution in [3.8, 4) is 0 Å². The second-order valence-electron chi connectivity index (χ2n) is 6.45. The van der Waals surface area contributed by atoms with Crippen molar-refractivity contribution in [1.82, 2.24) is 30.4 Å². The summed E-state index contributed by atoms with van der Waals surface area (Å²) in [7, 11) is 0. The maximum atomic E-state index is 11.9. The maximum Gasteiger partial charge on any atom is 0.223 e. The summed E-state index contributed by atoms with van der Waals surface area (Å²) >= 11 is 0. The molecule has 2 fully saturated rings. The van der Waals surface area contributed by atoms with Gasteiger partial charge in [-0.15, -0.1) is 0 Å². The minimum atomic E-state index is 0.180. The van der Waals surface area contributed by atoms with Gasteiger partial charge in [-0.25, -0.2) is 14.6 Å². The fourth-order valence-corrected chi connectivity index (χ4v) is 3.34. The van der Waals surface area contributed by atoms with Crippen LogP contribution in [0.4, 0.5) is 0 Å². The molecular formula is C16H22N6O. The first-order valence-electron chi connectivity index (χ1n) is 8.49. The highest BCUT2D eigenvalue weighted by Crippen LogP contribution is 2.27. The predicted molar refractivity (Wildman–Crippen MR) is 85.9 cm³/mol. The van der Waals surface area contributed by atoms with Gasteiger partial charge in [0.2, 0.25) is 5.91 Å². The van der Waals surface area contributed by atoms with E-state index in [9.17, 15) is 4.79 Å². The zero-order valence-electron chi connectivity index (χ0n) is 13.2. The molecule has 2 aromatic heterocycles. The van der Waals surface area contributed by atoms with Crippen molar-refractivity contribution in [2.45, 2.75) is 38.1 Å². The standard InChI is InChI=1S/C16H22N6O/c23-16(11-2-1-3-11)20-8-9-22-15-14(18-6-7-19-15)13(21-22)12-4-5-17-10-12/h6-7,11-12,17H,1-5,8-10H2,(H,20,23). The van der Waals surface area contributed by atoms with Gasteiger partial charge in [-0.3, -0.25) is 4.79 Å². The van der Waals surface area contributed by atoms with Gasteiger partial charge in [-0.2, -0.15) is 5.10 Å². The van der Waals surface area contributed by atoms with Gasteiger partial charge in [0.1, 0.15) is 5.52 Å². The van der Waals surface area contributed by atoms with E-state index < -0.39 is 0 Å². The normalized spacial score (nSPS) is 21.5. The van der Waals surface area contributed by atoms with Crippen LogP contribution in [-0.2, 0) is 11.3 Å². The molecule has 3 heterocycles. The predicted octanol–water partition coefficient (Wildman–Crippen LogP) is 0.819. The molecule has 2 N–H and O–H groups in total. The minimum Gasteiger partial charge on any atom is -0.354 e. The summed E-state index contributed by atoms with van der Waals surface area (Å²) in [6, 6.07) is 0. The molecule has 7 nitrogen and oxygen atoms in total. The molecule has 4 rings (SSSR count). The molecule has 1 aliphatic carbocycles. The first-order chi connectivity index (χ1) is 11.3. The number of rotatable bonds is 5. The number of nitrogens with zero attached hydrogens (tertiary/aromatic N) is 4. The van der Waals surface area contributed by atoms with Crippen molar-refractivity contribution >= 4 is 17.1 Å². The number of aromatic nitrogens is 4. The van der Waals surface area contributed by atoms with Crippen LogP contribution >= 0.6 is 0 Å². The van der Waals surface area contributed by atoms with Gasteiger partial charge in [0, 0.05) is 37.3 Å². The Labute approximate surface area is 134 Å². The average Bonchev–Trinajstić information content (AvgIpc) is 3.13. The first-order valence-corrected chi connectivity index (χ1v) is 8.49. The van der Waals surface area contributed by atoms with Crippen LogP contribution in [0.5, 0.6) is 0 Å². The Kier molecular flexibility index (Phi) is 3.95. The van der Waals surface area contributed by atoms with E-state index in [4.69, 9.17) is 5.10 Å². The molecule has 1 aliphatic heterocycles. The molecule has 1 saturated carbocycles. The molecule has 0 aromatic carbocycles. The van der Waals surface area contributed by atoms with Gasteiger partial charge < -0.3 is 10.6 Å². The van der Waals surface area contributed by atoms with E-state index in [0.717, 1.165) is 49.2 Å². The number of nitrogens with one attached hydrogen (secondary N) is 2. The molecular weight excluding hydrogens is 292 g/mol. The lowest BCUT2D eigenvalue weighted by molar-refractivity contribution is -0.127. The van der Waals surface area contributed by atoms with Crippen molar-refractivity contribution in [3.63, 3.8) is 0 Å². The van der Waals surface area contributed by atoms with Crippen LogP contribution in [0.15, 0.2) is 12.4 Å². The zero-order chi connectivity index (χ0) is 15.6. The second-order valence-corrected chi connectivity index (χ2v) is 6.45. The molecule has 2 aliphatic rings. The van der Waals surface area contributed by atoms with Crippen LogP contribution in [0.2, 0.25) is 0 Å². The molecule has 1 atom stereocenters. The maximum absolute atomic E-state index is 11.9. The van der Waals surface area contributed by atoms with Crippen LogP contribution in [0.1, 0.15) is 37.3 Å². The fraction of sp³-hybridized carbons (Fsp3) is 0.625. The molecule has 1 unspecified atom stereocenters. The molecule has 0 radical (unpaired) electrons. The number of fused-ring (bicyclic) bond motifs is 1. The lowest BCUT2D eigenvalue weighted by Crippen LogP contribution is -2.36. The molecule has 122 valence electrons. The molecule has 0 spiro atoms. The number of hydrogen-bond donors (Lipinski definition) is 2. The quantitative estimate of drug-likeness (QED) is 0.853. The number of hydrogen-bond acceptors (Lipinski definition) is 5. The Balaban J connectivity index is 1.49. The van der Waals surface area contributed by atoms with Gasteiger partial charge in [-0.05, 0) is 25.8 Å². The van der Waals surface area contributed by atoms with E-state index in [1.54, 1.807) is 12.4 Å². The topological polar surface area (TPSA) is 84.7 Å². The van der Waals surface area contributed by atoms with E-state index in [0.29, 0.717) is 19.0 Å². The number of carbonyl (C=O) groups excluding carboxylic acids is 1. The summed E-state index contributed by atoms with van der Waals surface area (Å²) in [5, 5.41) is 11.1. The first kappa shape index (κ1) is 14.6. The van der Waals surface area contributed by atoms with Gasteiger partial charge in [0.15, 0.2) is 5.65 Å². The lowest BCUT2D eigenvalue weighted by Gasteiger charge is -2.23. The van der Waals surface area contributed by atoms with Gasteiger partial charge in [0.25, 0.3) is 0 Å². The molecule has 0 bridgehead atoms. The van der Waals surface area contributed by atoms with E-state index in [1.165, 1.54) is 6.42 Å². The van der Waals surface area contributed by atoms with Crippen LogP contribution < -0.4 is 10.6 Å². The van der Waals surface area contributed by atoms with E-state index in [-0.39, 0.29) is 11.8 Å². The van der Waals surface area contributed by atoms with Gasteiger partial charge in [0.05, 0.1) is 12.2 Å². The summed E-state index contributed by atoms with van der Waals surface area (Å²) in [5.74, 6) is 0.809. The minimum absolute atomic E-state index is 0.180. The van der Waals surface area contributed by atoms with E-state index >= 15 is 0 Å². The van der Waals surface area contributed by atoms with Gasteiger partial charge in [-0.1, -0.05) is 6.42 Å². The number of carbonyl (C=O) groups is 1. The second kappa shape index (κ2) is 6.23. The Hall–Kier alpha value is -2.02. The summed E-state index contributed by atoms with van der Waals surface area (Å²) < 4.78 is 1.89. The molecule has 1 saturated heterocycles. The van der Waals surface area contributed by atoms with Crippen molar-refractivity contribution < 1.29 is 4.79 Å². The molecule has 7 heteroatoms. The lowest BCUT2D eigenvalue weighted by atomic mass is 9.85. The van der Waals surface area contributed by atoms with Gasteiger partial charge >= 0.3 is 0 Å². The smallest absolute Gasteiger partial charge is 0.223 e. The third-order valence-electron chi connectivity index (χ3n) is 4.94. The summed E-state index contributed by atoms with van der Waals surface area (Å²) in [4.78, 5) is 20.8. The Morgan fingerprint density at radius 3 is 2.91 bits per heavy atom. The number of amides is 1. The van der Waals surface area contributed by atoms with Crippen molar-refractivity contribution in [1.29, 1.82) is 0 Å².